The summed E-state index contributed by atoms with van der Waals surface area (Å²) in [5, 5.41) is 9.18. The van der Waals surface area contributed by atoms with Crippen LogP contribution in [-0.4, -0.2) is 35.6 Å². The van der Waals surface area contributed by atoms with Crippen LogP contribution in [0, 0.1) is 0 Å². The van der Waals surface area contributed by atoms with Gasteiger partial charge in [-0.3, -0.25) is 9.69 Å². The first-order chi connectivity index (χ1) is 7.20. The third-order valence-electron chi connectivity index (χ3n) is 2.84. The molecule has 0 saturated carbocycles. The highest BCUT2D eigenvalue weighted by Gasteiger charge is 2.32. The van der Waals surface area contributed by atoms with E-state index in [4.69, 9.17) is 0 Å². The summed E-state index contributed by atoms with van der Waals surface area (Å²) in [4.78, 5) is 12.5. The molecule has 1 heterocycles. The first-order valence-electron chi connectivity index (χ1n) is 5.18. The summed E-state index contributed by atoms with van der Waals surface area (Å²) in [5.41, 5.74) is 1.91. The molecule has 1 fully saturated rings. The molecule has 1 N–H and O–H groups in total. The number of hydrogen-bond acceptors (Lipinski definition) is 3. The van der Waals surface area contributed by atoms with Crippen LogP contribution < -0.4 is 0 Å². The molecule has 0 bridgehead atoms. The summed E-state index contributed by atoms with van der Waals surface area (Å²) < 4.78 is 0. The molecule has 0 spiro atoms. The predicted molar refractivity (Wildman–Crippen MR) is 57.8 cm³/mol. The van der Waals surface area contributed by atoms with Crippen LogP contribution >= 0.6 is 0 Å². The number of nitrogens with zero attached hydrogens (tertiary/aromatic N) is 1. The van der Waals surface area contributed by atoms with Gasteiger partial charge in [-0.05, 0) is 11.5 Å². The fourth-order valence-electron chi connectivity index (χ4n) is 1.72. The van der Waals surface area contributed by atoms with Crippen molar-refractivity contribution < 1.29 is 9.90 Å². The first kappa shape index (κ1) is 10.3. The van der Waals surface area contributed by atoms with Crippen LogP contribution in [0.3, 0.4) is 0 Å². The zero-order valence-electron chi connectivity index (χ0n) is 8.76. The maximum Gasteiger partial charge on any atom is 0.150 e. The Morgan fingerprint density at radius 2 is 2.13 bits per heavy atom. The molecule has 1 aliphatic rings. The topological polar surface area (TPSA) is 40.3 Å². The van der Waals surface area contributed by atoms with Crippen molar-refractivity contribution in [1.82, 2.24) is 4.90 Å². The van der Waals surface area contributed by atoms with Gasteiger partial charge in [-0.1, -0.05) is 31.2 Å². The standard InChI is InChI=1S/C12H15NO2/c1-9(6-13-7-12(13)15)11-4-2-10(8-14)3-5-11/h2-5,8-9,12,15H,6-7H2,1H3. The van der Waals surface area contributed by atoms with E-state index < -0.39 is 0 Å². The molecule has 1 aromatic rings. The minimum atomic E-state index is -0.235. The van der Waals surface area contributed by atoms with Gasteiger partial charge in [-0.15, -0.1) is 0 Å². The average molecular weight is 205 g/mol. The first-order valence-corrected chi connectivity index (χ1v) is 5.18. The maximum atomic E-state index is 10.5. The Kier molecular flexibility index (Phi) is 2.84. The molecule has 0 aliphatic carbocycles. The minimum absolute atomic E-state index is 0.235. The summed E-state index contributed by atoms with van der Waals surface area (Å²) in [7, 11) is 0. The smallest absolute Gasteiger partial charge is 0.150 e. The molecule has 0 amide bonds. The number of aliphatic hydroxyl groups excluding tert-OH is 1. The Labute approximate surface area is 89.3 Å². The van der Waals surface area contributed by atoms with Crippen molar-refractivity contribution in [2.75, 3.05) is 13.1 Å². The van der Waals surface area contributed by atoms with Gasteiger partial charge < -0.3 is 5.11 Å². The SMILES string of the molecule is CC(CN1CC1O)c1ccc(C=O)cc1. The molecular weight excluding hydrogens is 190 g/mol. The van der Waals surface area contributed by atoms with Crippen molar-refractivity contribution in [3.63, 3.8) is 0 Å². The van der Waals surface area contributed by atoms with Gasteiger partial charge >= 0.3 is 0 Å². The quantitative estimate of drug-likeness (QED) is 0.594. The van der Waals surface area contributed by atoms with Crippen molar-refractivity contribution >= 4 is 6.29 Å². The molecule has 3 heteroatoms. The normalized spacial score (nSPS) is 26.0. The van der Waals surface area contributed by atoms with Crippen molar-refractivity contribution in [2.24, 2.45) is 0 Å². The molecule has 80 valence electrons. The molecule has 3 unspecified atom stereocenters. The van der Waals surface area contributed by atoms with Gasteiger partial charge in [0.2, 0.25) is 0 Å². The Hall–Kier alpha value is -1.19. The van der Waals surface area contributed by atoms with Crippen LogP contribution in [-0.2, 0) is 0 Å². The number of aldehydes is 1. The molecule has 0 aromatic heterocycles. The third-order valence-corrected chi connectivity index (χ3v) is 2.84. The van der Waals surface area contributed by atoms with Crippen molar-refractivity contribution in [3.05, 3.63) is 35.4 Å². The number of β-amino-alcohol motifs (C(OH)–C–C–N with tert-alkyl or cyclic N) is 1. The van der Waals surface area contributed by atoms with Crippen LogP contribution in [0.15, 0.2) is 24.3 Å². The van der Waals surface area contributed by atoms with Gasteiger partial charge in [-0.25, -0.2) is 0 Å². The van der Waals surface area contributed by atoms with Gasteiger partial charge in [0, 0.05) is 18.7 Å². The lowest BCUT2D eigenvalue weighted by Gasteiger charge is -2.12. The summed E-state index contributed by atoms with van der Waals surface area (Å²) in [6.07, 6.45) is 0.615. The molecule has 1 saturated heterocycles. The number of rotatable bonds is 4. The second-order valence-corrected chi connectivity index (χ2v) is 4.12. The van der Waals surface area contributed by atoms with Gasteiger partial charge in [0.1, 0.15) is 12.5 Å². The number of carbonyl (C=O) groups excluding carboxylic acids is 1. The van der Waals surface area contributed by atoms with E-state index in [1.807, 2.05) is 29.2 Å². The van der Waals surface area contributed by atoms with Gasteiger partial charge in [0.05, 0.1) is 0 Å². The Bertz CT molecular complexity index is 347. The van der Waals surface area contributed by atoms with E-state index >= 15 is 0 Å². The van der Waals surface area contributed by atoms with Crippen molar-refractivity contribution in [2.45, 2.75) is 19.1 Å². The van der Waals surface area contributed by atoms with Crippen molar-refractivity contribution in [3.8, 4) is 0 Å². The number of aliphatic hydroxyl groups is 1. The largest absolute Gasteiger partial charge is 0.377 e. The summed E-state index contributed by atoms with van der Waals surface area (Å²) in [6.45, 7) is 3.79. The zero-order valence-corrected chi connectivity index (χ0v) is 8.76. The summed E-state index contributed by atoms with van der Waals surface area (Å²) in [5.74, 6) is 0.392. The van der Waals surface area contributed by atoms with Crippen LogP contribution in [0.4, 0.5) is 0 Å². The molecule has 0 radical (unpaired) electrons. The van der Waals surface area contributed by atoms with Crippen LogP contribution in [0.5, 0.6) is 0 Å². The second kappa shape index (κ2) is 4.13. The van der Waals surface area contributed by atoms with E-state index in [1.54, 1.807) is 0 Å². The number of carbonyl (C=O) groups is 1. The van der Waals surface area contributed by atoms with E-state index in [1.165, 1.54) is 5.56 Å². The lowest BCUT2D eigenvalue weighted by atomic mass is 10.00. The lowest BCUT2D eigenvalue weighted by molar-refractivity contribution is 0.112. The van der Waals surface area contributed by atoms with Gasteiger partial charge in [-0.2, -0.15) is 0 Å². The lowest BCUT2D eigenvalue weighted by Crippen LogP contribution is -2.11. The van der Waals surface area contributed by atoms with E-state index in [0.717, 1.165) is 19.4 Å². The van der Waals surface area contributed by atoms with Gasteiger partial charge in [0.25, 0.3) is 0 Å². The van der Waals surface area contributed by atoms with Crippen LogP contribution in [0.2, 0.25) is 0 Å². The fraction of sp³-hybridized carbons (Fsp3) is 0.417. The highest BCUT2D eigenvalue weighted by atomic mass is 16.3. The molecule has 1 aliphatic heterocycles. The monoisotopic (exact) mass is 205 g/mol. The molecular formula is C12H15NO2. The maximum absolute atomic E-state index is 10.5. The number of hydrogen-bond donors (Lipinski definition) is 1. The molecule has 15 heavy (non-hydrogen) atoms. The average Bonchev–Trinajstić information content (AvgIpc) is 2.94. The third kappa shape index (κ3) is 2.43. The molecule has 2 rings (SSSR count). The second-order valence-electron chi connectivity index (χ2n) is 4.12. The Morgan fingerprint density at radius 3 is 2.60 bits per heavy atom. The van der Waals surface area contributed by atoms with E-state index in [2.05, 4.69) is 6.92 Å². The zero-order chi connectivity index (χ0) is 10.8. The van der Waals surface area contributed by atoms with Gasteiger partial charge in [0.15, 0.2) is 0 Å². The highest BCUT2D eigenvalue weighted by Crippen LogP contribution is 2.22. The minimum Gasteiger partial charge on any atom is -0.377 e. The summed E-state index contributed by atoms with van der Waals surface area (Å²) in [6, 6.07) is 7.61. The Balaban J connectivity index is 1.98. The molecule has 1 aromatic carbocycles. The van der Waals surface area contributed by atoms with Crippen LogP contribution in [0.25, 0.3) is 0 Å². The molecule has 3 atom stereocenters. The predicted octanol–water partition coefficient (Wildman–Crippen LogP) is 1.24. The fourth-order valence-corrected chi connectivity index (χ4v) is 1.72. The van der Waals surface area contributed by atoms with Crippen molar-refractivity contribution in [1.29, 1.82) is 0 Å². The highest BCUT2D eigenvalue weighted by molar-refractivity contribution is 5.74. The van der Waals surface area contributed by atoms with E-state index in [9.17, 15) is 9.90 Å². The number of benzene rings is 1. The van der Waals surface area contributed by atoms with Crippen LogP contribution in [0.1, 0.15) is 28.8 Å². The van der Waals surface area contributed by atoms with E-state index in [0.29, 0.717) is 11.5 Å². The molecule has 3 nitrogen and oxygen atoms in total. The summed E-state index contributed by atoms with van der Waals surface area (Å²) >= 11 is 0. The van der Waals surface area contributed by atoms with E-state index in [-0.39, 0.29) is 6.23 Å². The Morgan fingerprint density at radius 1 is 1.53 bits per heavy atom.